The van der Waals surface area contributed by atoms with E-state index in [2.05, 4.69) is 15.6 Å². The fraction of sp³-hybridized carbons (Fsp3) is 0.296. The minimum Gasteiger partial charge on any atom is -0.487 e. The predicted octanol–water partition coefficient (Wildman–Crippen LogP) is 3.17. The highest BCUT2D eigenvalue weighted by molar-refractivity contribution is 6.04. The van der Waals surface area contributed by atoms with Crippen LogP contribution in [0.4, 0.5) is 10.1 Å². The molecule has 0 spiro atoms. The number of carbonyl (C=O) groups is 2. The number of halogens is 1. The summed E-state index contributed by atoms with van der Waals surface area (Å²) in [6, 6.07) is 15.1. The lowest BCUT2D eigenvalue weighted by Gasteiger charge is -2.37. The SMILES string of the molecule is O=C(C[C@@H]1C[C@H]2c3cc(NC(=O)c4cccnc4)ccc3O[C@H]2[C@H](CO)O1)NCc1ccccc1F. The summed E-state index contributed by atoms with van der Waals surface area (Å²) in [6.07, 6.45) is 2.22. The van der Waals surface area contributed by atoms with Gasteiger partial charge >= 0.3 is 0 Å². The number of ether oxygens (including phenoxy) is 2. The maximum absolute atomic E-state index is 13.8. The van der Waals surface area contributed by atoms with Crippen LogP contribution in [-0.4, -0.2) is 46.8 Å². The van der Waals surface area contributed by atoms with Crippen molar-refractivity contribution in [2.75, 3.05) is 11.9 Å². The smallest absolute Gasteiger partial charge is 0.257 e. The van der Waals surface area contributed by atoms with Crippen LogP contribution in [0.25, 0.3) is 0 Å². The molecule has 2 aliphatic rings. The fourth-order valence-electron chi connectivity index (χ4n) is 4.78. The molecule has 1 aromatic heterocycles. The van der Waals surface area contributed by atoms with Crippen molar-refractivity contribution in [3.8, 4) is 5.75 Å². The zero-order valence-electron chi connectivity index (χ0n) is 19.4. The number of hydrogen-bond acceptors (Lipinski definition) is 6. The summed E-state index contributed by atoms with van der Waals surface area (Å²) in [7, 11) is 0. The molecule has 1 fully saturated rings. The molecule has 8 nitrogen and oxygen atoms in total. The predicted molar refractivity (Wildman–Crippen MR) is 129 cm³/mol. The van der Waals surface area contributed by atoms with Crippen molar-refractivity contribution in [3.63, 3.8) is 0 Å². The second-order valence-corrected chi connectivity index (χ2v) is 8.92. The van der Waals surface area contributed by atoms with E-state index in [-0.39, 0.29) is 43.1 Å². The van der Waals surface area contributed by atoms with Crippen molar-refractivity contribution < 1.29 is 28.6 Å². The van der Waals surface area contributed by atoms with Crippen molar-refractivity contribution in [3.05, 3.63) is 89.5 Å². The number of aromatic nitrogens is 1. The summed E-state index contributed by atoms with van der Waals surface area (Å²) < 4.78 is 25.9. The monoisotopic (exact) mass is 491 g/mol. The van der Waals surface area contributed by atoms with Crippen LogP contribution in [-0.2, 0) is 16.1 Å². The molecule has 4 atom stereocenters. The van der Waals surface area contributed by atoms with Gasteiger partial charge in [-0.2, -0.15) is 0 Å². The van der Waals surface area contributed by atoms with Crippen molar-refractivity contribution >= 4 is 17.5 Å². The van der Waals surface area contributed by atoms with Gasteiger partial charge in [0.1, 0.15) is 23.8 Å². The van der Waals surface area contributed by atoms with Gasteiger partial charge in [-0.25, -0.2) is 4.39 Å². The summed E-state index contributed by atoms with van der Waals surface area (Å²) >= 11 is 0. The number of nitrogens with zero attached hydrogens (tertiary/aromatic N) is 1. The van der Waals surface area contributed by atoms with Gasteiger partial charge in [-0.3, -0.25) is 14.6 Å². The lowest BCUT2D eigenvalue weighted by molar-refractivity contribution is -0.142. The van der Waals surface area contributed by atoms with E-state index in [1.54, 1.807) is 48.7 Å². The van der Waals surface area contributed by atoms with Crippen LogP contribution in [0, 0.1) is 5.82 Å². The van der Waals surface area contributed by atoms with Crippen LogP contribution in [0.5, 0.6) is 5.75 Å². The van der Waals surface area contributed by atoms with E-state index in [0.29, 0.717) is 29.0 Å². The lowest BCUT2D eigenvalue weighted by atomic mass is 9.84. The number of pyridine rings is 1. The van der Waals surface area contributed by atoms with E-state index in [1.807, 2.05) is 6.07 Å². The first-order valence-electron chi connectivity index (χ1n) is 11.8. The van der Waals surface area contributed by atoms with Gasteiger partial charge in [-0.05, 0) is 42.8 Å². The minimum atomic E-state index is -0.603. The van der Waals surface area contributed by atoms with E-state index in [1.165, 1.54) is 12.3 Å². The number of carbonyl (C=O) groups excluding carboxylic acids is 2. The molecule has 0 radical (unpaired) electrons. The van der Waals surface area contributed by atoms with Gasteiger partial charge in [0.25, 0.3) is 5.91 Å². The molecule has 2 amide bonds. The Morgan fingerprint density at radius 2 is 2.00 bits per heavy atom. The third-order valence-electron chi connectivity index (χ3n) is 6.53. The van der Waals surface area contributed by atoms with Gasteiger partial charge < -0.3 is 25.2 Å². The Labute approximate surface area is 207 Å². The van der Waals surface area contributed by atoms with Crippen molar-refractivity contribution in [1.82, 2.24) is 10.3 Å². The number of nitrogens with one attached hydrogen (secondary N) is 2. The highest BCUT2D eigenvalue weighted by Crippen LogP contribution is 2.47. The Kier molecular flexibility index (Phi) is 6.92. The Morgan fingerprint density at radius 3 is 2.78 bits per heavy atom. The van der Waals surface area contributed by atoms with Gasteiger partial charge in [0.2, 0.25) is 5.91 Å². The lowest BCUT2D eigenvalue weighted by Crippen LogP contribution is -2.47. The van der Waals surface area contributed by atoms with Gasteiger partial charge in [0, 0.05) is 41.7 Å². The molecule has 3 heterocycles. The Hall–Kier alpha value is -3.82. The maximum Gasteiger partial charge on any atom is 0.257 e. The van der Waals surface area contributed by atoms with E-state index >= 15 is 0 Å². The molecule has 0 bridgehead atoms. The van der Waals surface area contributed by atoms with Crippen LogP contribution < -0.4 is 15.4 Å². The average molecular weight is 492 g/mol. The maximum atomic E-state index is 13.8. The molecule has 36 heavy (non-hydrogen) atoms. The number of aliphatic hydroxyl groups excluding tert-OH is 1. The number of anilines is 1. The van der Waals surface area contributed by atoms with E-state index in [9.17, 15) is 19.1 Å². The number of amides is 2. The largest absolute Gasteiger partial charge is 0.487 e. The summed E-state index contributed by atoms with van der Waals surface area (Å²) in [5, 5.41) is 15.6. The molecule has 0 unspecified atom stereocenters. The molecule has 2 aliphatic heterocycles. The number of rotatable bonds is 7. The summed E-state index contributed by atoms with van der Waals surface area (Å²) in [4.78, 5) is 29.1. The normalized spacial score (nSPS) is 22.2. The standard InChI is InChI=1S/C27H26FN3O5/c28-22-6-2-1-4-16(22)14-30-25(33)12-19-11-21-20-10-18(31-27(34)17-5-3-9-29-13-17)7-8-23(20)36-26(21)24(15-32)35-19/h1-10,13,19,21,24,26,32H,11-12,14-15H2,(H,30,33)(H,31,34)/t19-,21-,24-,26+/m0/s1. The highest BCUT2D eigenvalue weighted by Gasteiger charge is 2.46. The highest BCUT2D eigenvalue weighted by atomic mass is 19.1. The second kappa shape index (κ2) is 10.4. The van der Waals surface area contributed by atoms with Crippen LogP contribution in [0.15, 0.2) is 67.0 Å². The van der Waals surface area contributed by atoms with Crippen LogP contribution in [0.2, 0.25) is 0 Å². The first-order chi connectivity index (χ1) is 17.5. The molecule has 9 heteroatoms. The Morgan fingerprint density at radius 1 is 1.14 bits per heavy atom. The summed E-state index contributed by atoms with van der Waals surface area (Å²) in [5.74, 6) is -0.374. The van der Waals surface area contributed by atoms with Crippen molar-refractivity contribution in [2.45, 2.75) is 43.6 Å². The van der Waals surface area contributed by atoms with Gasteiger partial charge in [-0.1, -0.05) is 18.2 Å². The molecule has 1 saturated heterocycles. The summed E-state index contributed by atoms with van der Waals surface area (Å²) in [6.45, 7) is -0.174. The molecule has 3 N–H and O–H groups in total. The van der Waals surface area contributed by atoms with Crippen molar-refractivity contribution in [2.24, 2.45) is 0 Å². The van der Waals surface area contributed by atoms with Crippen LogP contribution in [0.1, 0.15) is 40.2 Å². The number of benzene rings is 2. The van der Waals surface area contributed by atoms with Gasteiger partial charge in [0.15, 0.2) is 0 Å². The molecule has 0 saturated carbocycles. The van der Waals surface area contributed by atoms with Gasteiger partial charge in [-0.15, -0.1) is 0 Å². The number of hydrogen-bond donors (Lipinski definition) is 3. The third kappa shape index (κ3) is 5.07. The van der Waals surface area contributed by atoms with E-state index < -0.39 is 18.3 Å². The topological polar surface area (TPSA) is 110 Å². The Bertz CT molecular complexity index is 1260. The van der Waals surface area contributed by atoms with Crippen LogP contribution >= 0.6 is 0 Å². The van der Waals surface area contributed by atoms with E-state index in [4.69, 9.17) is 9.47 Å². The third-order valence-corrected chi connectivity index (χ3v) is 6.53. The number of aliphatic hydroxyl groups is 1. The molecule has 5 rings (SSSR count). The Balaban J connectivity index is 1.26. The number of fused-ring (bicyclic) bond motifs is 3. The molecule has 2 aromatic carbocycles. The first kappa shape index (κ1) is 23.9. The van der Waals surface area contributed by atoms with Crippen LogP contribution in [0.3, 0.4) is 0 Å². The van der Waals surface area contributed by atoms with Gasteiger partial charge in [0.05, 0.1) is 24.7 Å². The van der Waals surface area contributed by atoms with Crippen molar-refractivity contribution in [1.29, 1.82) is 0 Å². The molecule has 186 valence electrons. The minimum absolute atomic E-state index is 0.0704. The molecule has 0 aliphatic carbocycles. The molecule has 3 aromatic rings. The zero-order valence-corrected chi connectivity index (χ0v) is 19.4. The zero-order chi connectivity index (χ0) is 25.1. The fourth-order valence-corrected chi connectivity index (χ4v) is 4.78. The molecular formula is C27H26FN3O5. The second-order valence-electron chi connectivity index (χ2n) is 8.92. The average Bonchev–Trinajstić information content (AvgIpc) is 3.26. The summed E-state index contributed by atoms with van der Waals surface area (Å²) in [5.41, 5.74) is 2.35. The quantitative estimate of drug-likeness (QED) is 0.468. The molecular weight excluding hydrogens is 465 g/mol. The first-order valence-corrected chi connectivity index (χ1v) is 11.8. The van der Waals surface area contributed by atoms with E-state index in [0.717, 1.165) is 5.56 Å².